The summed E-state index contributed by atoms with van der Waals surface area (Å²) in [5.74, 6) is 0.473. The van der Waals surface area contributed by atoms with Crippen molar-refractivity contribution in [2.75, 3.05) is 11.6 Å². The summed E-state index contributed by atoms with van der Waals surface area (Å²) in [6, 6.07) is 0. The normalized spacial score (nSPS) is 27.6. The van der Waals surface area contributed by atoms with Crippen LogP contribution in [0.5, 0.6) is 0 Å². The van der Waals surface area contributed by atoms with Gasteiger partial charge in [0, 0.05) is 17.3 Å². The molecule has 2 rings (SSSR count). The van der Waals surface area contributed by atoms with Crippen LogP contribution in [0.3, 0.4) is 0 Å². The minimum atomic E-state index is -0.496. The summed E-state index contributed by atoms with van der Waals surface area (Å²) >= 11 is 13.3. The second-order valence-corrected chi connectivity index (χ2v) is 5.59. The maximum atomic E-state index is 11.7. The molecule has 0 radical (unpaired) electrons. The molecule has 0 N–H and O–H groups in total. The number of hydrogen-bond acceptors (Lipinski definition) is 4. The third kappa shape index (κ3) is 2.18. The van der Waals surface area contributed by atoms with Gasteiger partial charge < -0.3 is 4.65 Å². The van der Waals surface area contributed by atoms with Gasteiger partial charge in [0.2, 0.25) is 5.91 Å². The highest BCUT2D eigenvalue weighted by molar-refractivity contribution is 8.00. The molecular weight excluding hydrogens is 284 g/mol. The molecule has 0 saturated carbocycles. The number of nitrogens with zero attached hydrogens (tertiary/aromatic N) is 1. The molecule has 92 valence electrons. The molecule has 0 unspecified atom stereocenters. The number of alkyl halides is 2. The lowest BCUT2D eigenvalue weighted by molar-refractivity contribution is -0.139. The monoisotopic (exact) mass is 293 g/mol. The Labute approximate surface area is 114 Å². The summed E-state index contributed by atoms with van der Waals surface area (Å²) in [7, 11) is 1.32. The lowest BCUT2D eigenvalue weighted by Gasteiger charge is -2.48. The number of carbonyl (C=O) groups is 2. The smallest absolute Gasteiger partial charge is 0.325 e. The highest BCUT2D eigenvalue weighted by Gasteiger charge is 2.50. The van der Waals surface area contributed by atoms with Gasteiger partial charge in [-0.15, -0.1) is 35.0 Å². The van der Waals surface area contributed by atoms with Gasteiger partial charge in [-0.05, 0) is 5.57 Å². The van der Waals surface area contributed by atoms with Crippen LogP contribution in [0.4, 0.5) is 0 Å². The molecule has 0 aliphatic carbocycles. The number of rotatable bonds is 3. The molecule has 0 bridgehead atoms. The zero-order valence-electron chi connectivity index (χ0n) is 9.11. The van der Waals surface area contributed by atoms with E-state index in [1.807, 2.05) is 0 Å². The summed E-state index contributed by atoms with van der Waals surface area (Å²) < 4.78 is 4.62. The summed E-state index contributed by atoms with van der Waals surface area (Å²) in [4.78, 5) is 24.6. The molecular formula is C9H10BCl2NO3S. The Hall–Kier alpha value is -0.325. The summed E-state index contributed by atoms with van der Waals surface area (Å²) in [5, 5.41) is -0.569. The fraction of sp³-hybridized carbons (Fsp3) is 0.556. The zero-order valence-corrected chi connectivity index (χ0v) is 11.4. The van der Waals surface area contributed by atoms with E-state index in [2.05, 4.69) is 4.65 Å². The third-order valence-electron chi connectivity index (χ3n) is 2.81. The summed E-state index contributed by atoms with van der Waals surface area (Å²) in [6.45, 7) is 0. The SMILES string of the molecule is BOC(=O)CC1=C(CCl)CS[C@@H]2[C@H](Cl)C(=O)N12. The molecule has 2 heterocycles. The van der Waals surface area contributed by atoms with Gasteiger partial charge >= 0.3 is 8.05 Å². The molecule has 0 spiro atoms. The maximum Gasteiger partial charge on any atom is 0.325 e. The zero-order chi connectivity index (χ0) is 12.6. The molecule has 2 aliphatic rings. The lowest BCUT2D eigenvalue weighted by atomic mass is 10.1. The van der Waals surface area contributed by atoms with E-state index in [1.165, 1.54) is 8.05 Å². The van der Waals surface area contributed by atoms with Crippen molar-refractivity contribution in [3.63, 3.8) is 0 Å². The molecule has 8 heteroatoms. The topological polar surface area (TPSA) is 46.6 Å². The number of amides is 1. The predicted molar refractivity (Wildman–Crippen MR) is 69.7 cm³/mol. The van der Waals surface area contributed by atoms with Crippen molar-refractivity contribution in [3.05, 3.63) is 11.3 Å². The van der Waals surface area contributed by atoms with Crippen molar-refractivity contribution < 1.29 is 14.2 Å². The maximum absolute atomic E-state index is 11.7. The van der Waals surface area contributed by atoms with Crippen molar-refractivity contribution in [2.45, 2.75) is 17.2 Å². The standard InChI is InChI=1S/C9H10BCl2NO3S/c10-16-6(14)1-5-4(2-11)3-17-9-7(12)8(15)13(5)9/h7,9H,1-3,10H2/t7-,9-/m1/s1. The van der Waals surface area contributed by atoms with E-state index >= 15 is 0 Å². The van der Waals surface area contributed by atoms with Crippen LogP contribution in [0.15, 0.2) is 11.3 Å². The lowest BCUT2D eigenvalue weighted by Crippen LogP contribution is -2.61. The second kappa shape index (κ2) is 5.12. The first-order valence-electron chi connectivity index (χ1n) is 5.02. The summed E-state index contributed by atoms with van der Waals surface area (Å²) in [5.41, 5.74) is 1.56. The number of fused-ring (bicyclic) bond motifs is 1. The van der Waals surface area contributed by atoms with Crippen molar-refractivity contribution in [1.29, 1.82) is 0 Å². The van der Waals surface area contributed by atoms with Crippen molar-refractivity contribution in [1.82, 2.24) is 4.90 Å². The van der Waals surface area contributed by atoms with E-state index in [0.717, 1.165) is 5.57 Å². The van der Waals surface area contributed by atoms with Crippen LogP contribution < -0.4 is 0 Å². The van der Waals surface area contributed by atoms with Gasteiger partial charge in [-0.3, -0.25) is 14.5 Å². The van der Waals surface area contributed by atoms with Crippen molar-refractivity contribution >= 4 is 54.9 Å². The third-order valence-corrected chi connectivity index (χ3v) is 5.04. The fourth-order valence-electron chi connectivity index (χ4n) is 1.85. The average molecular weight is 294 g/mol. The van der Waals surface area contributed by atoms with E-state index in [9.17, 15) is 9.59 Å². The molecule has 2 atom stereocenters. The largest absolute Gasteiger partial charge is 0.543 e. The van der Waals surface area contributed by atoms with E-state index in [4.69, 9.17) is 23.2 Å². The van der Waals surface area contributed by atoms with E-state index in [-0.39, 0.29) is 23.7 Å². The number of β-lactam (4-membered cyclic amide) rings is 1. The molecule has 0 aromatic carbocycles. The molecule has 1 fully saturated rings. The van der Waals surface area contributed by atoms with Gasteiger partial charge in [-0.25, -0.2) is 0 Å². The Balaban J connectivity index is 2.25. The van der Waals surface area contributed by atoms with E-state index in [1.54, 1.807) is 16.7 Å². The number of carbonyl (C=O) groups excluding carboxylic acids is 2. The molecule has 1 saturated heterocycles. The van der Waals surface area contributed by atoms with Crippen LogP contribution >= 0.6 is 35.0 Å². The van der Waals surface area contributed by atoms with Crippen LogP contribution in [-0.2, 0) is 14.2 Å². The van der Waals surface area contributed by atoms with Gasteiger partial charge in [-0.1, -0.05) is 0 Å². The molecule has 17 heavy (non-hydrogen) atoms. The van der Waals surface area contributed by atoms with Crippen LogP contribution in [0, 0.1) is 0 Å². The Morgan fingerprint density at radius 2 is 2.35 bits per heavy atom. The predicted octanol–water partition coefficient (Wildman–Crippen LogP) is 0.483. The van der Waals surface area contributed by atoms with Gasteiger partial charge in [-0.2, -0.15) is 0 Å². The first-order valence-corrected chi connectivity index (χ1v) is 7.04. The molecule has 0 aromatic rings. The van der Waals surface area contributed by atoms with Crippen LogP contribution in [-0.4, -0.2) is 47.2 Å². The Morgan fingerprint density at radius 3 is 2.94 bits per heavy atom. The number of thioether (sulfide) groups is 1. The Bertz CT molecular complexity index is 404. The van der Waals surface area contributed by atoms with E-state index < -0.39 is 5.38 Å². The van der Waals surface area contributed by atoms with Crippen molar-refractivity contribution in [3.8, 4) is 0 Å². The second-order valence-electron chi connectivity index (χ2n) is 3.75. The number of halogens is 2. The first-order chi connectivity index (χ1) is 8.10. The van der Waals surface area contributed by atoms with Crippen LogP contribution in [0.2, 0.25) is 0 Å². The van der Waals surface area contributed by atoms with Gasteiger partial charge in [0.25, 0.3) is 5.97 Å². The van der Waals surface area contributed by atoms with Gasteiger partial charge in [0.1, 0.15) is 10.8 Å². The Kier molecular flexibility index (Phi) is 3.95. The molecule has 2 aliphatic heterocycles. The van der Waals surface area contributed by atoms with Crippen molar-refractivity contribution in [2.24, 2.45) is 0 Å². The summed E-state index contributed by atoms with van der Waals surface area (Å²) in [6.07, 6.45) is 0.0744. The van der Waals surface area contributed by atoms with Crippen LogP contribution in [0.1, 0.15) is 6.42 Å². The minimum Gasteiger partial charge on any atom is -0.543 e. The first kappa shape index (κ1) is 13.1. The quantitative estimate of drug-likeness (QED) is 0.431. The molecule has 4 nitrogen and oxygen atoms in total. The number of hydrogen-bond donors (Lipinski definition) is 0. The Morgan fingerprint density at radius 1 is 1.65 bits per heavy atom. The van der Waals surface area contributed by atoms with Crippen LogP contribution in [0.25, 0.3) is 0 Å². The average Bonchev–Trinajstić information content (AvgIpc) is 2.36. The fourth-order valence-corrected chi connectivity index (χ4v) is 3.95. The van der Waals surface area contributed by atoms with Gasteiger partial charge in [0.15, 0.2) is 0 Å². The molecule has 1 amide bonds. The minimum absolute atomic E-state index is 0.0733. The van der Waals surface area contributed by atoms with E-state index in [0.29, 0.717) is 17.3 Å². The molecule has 0 aromatic heterocycles. The highest BCUT2D eigenvalue weighted by Crippen LogP contribution is 2.43. The van der Waals surface area contributed by atoms with Gasteiger partial charge in [0.05, 0.1) is 6.42 Å². The highest BCUT2D eigenvalue weighted by atomic mass is 35.5.